The van der Waals surface area contributed by atoms with Gasteiger partial charge in [0, 0.05) is 30.3 Å². The van der Waals surface area contributed by atoms with E-state index in [9.17, 15) is 0 Å². The highest BCUT2D eigenvalue weighted by Gasteiger charge is 2.15. The van der Waals surface area contributed by atoms with Gasteiger partial charge in [0.2, 0.25) is 0 Å². The molecular weight excluding hydrogens is 228 g/mol. The molecular formula is C14H24N2O2. The lowest BCUT2D eigenvalue weighted by atomic mass is 10.0. The molecule has 0 amide bonds. The van der Waals surface area contributed by atoms with Gasteiger partial charge in [-0.05, 0) is 13.1 Å². The van der Waals surface area contributed by atoms with E-state index in [0.29, 0.717) is 6.04 Å². The maximum absolute atomic E-state index is 5.43. The van der Waals surface area contributed by atoms with E-state index in [2.05, 4.69) is 24.5 Å². The van der Waals surface area contributed by atoms with Crippen molar-refractivity contribution in [3.63, 3.8) is 0 Å². The Balaban J connectivity index is 2.90. The predicted octanol–water partition coefficient (Wildman–Crippen LogP) is 1.96. The lowest BCUT2D eigenvalue weighted by Gasteiger charge is -2.21. The van der Waals surface area contributed by atoms with Crippen molar-refractivity contribution in [1.29, 1.82) is 0 Å². The standard InChI is InChI=1S/C14H24N2O2/c1-10(2)16-9-13(15-3)12-7-6-11(17-4)8-14(12)18-5/h6-8,10,13,15-16H,9H2,1-5H3. The first-order valence-electron chi connectivity index (χ1n) is 6.25. The Morgan fingerprint density at radius 3 is 2.39 bits per heavy atom. The molecule has 1 unspecified atom stereocenters. The Bertz CT molecular complexity index is 367. The number of likely N-dealkylation sites (N-methyl/N-ethyl adjacent to an activating group) is 1. The Morgan fingerprint density at radius 1 is 1.17 bits per heavy atom. The van der Waals surface area contributed by atoms with Gasteiger partial charge in [0.25, 0.3) is 0 Å². The third-order valence-electron chi connectivity index (χ3n) is 2.89. The average molecular weight is 252 g/mol. The molecule has 0 saturated carbocycles. The molecule has 0 spiro atoms. The van der Waals surface area contributed by atoms with E-state index in [1.54, 1.807) is 14.2 Å². The number of hydrogen-bond acceptors (Lipinski definition) is 4. The second-order valence-corrected chi connectivity index (χ2v) is 4.51. The second kappa shape index (κ2) is 7.24. The largest absolute Gasteiger partial charge is 0.497 e. The number of ether oxygens (including phenoxy) is 2. The summed E-state index contributed by atoms with van der Waals surface area (Å²) in [6, 6.07) is 6.59. The van der Waals surface area contributed by atoms with E-state index in [4.69, 9.17) is 9.47 Å². The van der Waals surface area contributed by atoms with Crippen LogP contribution in [0.15, 0.2) is 18.2 Å². The first-order valence-corrected chi connectivity index (χ1v) is 6.25. The lowest BCUT2D eigenvalue weighted by molar-refractivity contribution is 0.382. The van der Waals surface area contributed by atoms with Crippen molar-refractivity contribution in [1.82, 2.24) is 10.6 Å². The van der Waals surface area contributed by atoms with E-state index in [1.807, 2.05) is 25.2 Å². The molecule has 4 nitrogen and oxygen atoms in total. The van der Waals surface area contributed by atoms with Crippen molar-refractivity contribution in [2.45, 2.75) is 25.9 Å². The van der Waals surface area contributed by atoms with Gasteiger partial charge in [-0.1, -0.05) is 19.9 Å². The van der Waals surface area contributed by atoms with Gasteiger partial charge in [0.15, 0.2) is 0 Å². The van der Waals surface area contributed by atoms with Crippen molar-refractivity contribution < 1.29 is 9.47 Å². The second-order valence-electron chi connectivity index (χ2n) is 4.51. The predicted molar refractivity (Wildman–Crippen MR) is 74.5 cm³/mol. The van der Waals surface area contributed by atoms with Crippen LogP contribution >= 0.6 is 0 Å². The third-order valence-corrected chi connectivity index (χ3v) is 2.89. The number of hydrogen-bond donors (Lipinski definition) is 2. The number of benzene rings is 1. The molecule has 0 heterocycles. The molecule has 0 bridgehead atoms. The quantitative estimate of drug-likeness (QED) is 0.778. The monoisotopic (exact) mass is 252 g/mol. The molecule has 0 aliphatic heterocycles. The Labute approximate surface area is 110 Å². The van der Waals surface area contributed by atoms with Crippen LogP contribution in [0.4, 0.5) is 0 Å². The fourth-order valence-electron chi connectivity index (χ4n) is 1.83. The highest BCUT2D eigenvalue weighted by atomic mass is 16.5. The van der Waals surface area contributed by atoms with Gasteiger partial charge >= 0.3 is 0 Å². The first-order chi connectivity index (χ1) is 8.62. The highest BCUT2D eigenvalue weighted by Crippen LogP contribution is 2.29. The van der Waals surface area contributed by atoms with Gasteiger partial charge in [-0.3, -0.25) is 0 Å². The van der Waals surface area contributed by atoms with Crippen LogP contribution in [0.3, 0.4) is 0 Å². The average Bonchev–Trinajstić information content (AvgIpc) is 2.39. The van der Waals surface area contributed by atoms with E-state index in [-0.39, 0.29) is 6.04 Å². The third kappa shape index (κ3) is 3.89. The van der Waals surface area contributed by atoms with E-state index >= 15 is 0 Å². The van der Waals surface area contributed by atoms with Gasteiger partial charge in [-0.15, -0.1) is 0 Å². The Morgan fingerprint density at radius 2 is 1.89 bits per heavy atom. The summed E-state index contributed by atoms with van der Waals surface area (Å²) in [6.45, 7) is 5.13. The molecule has 102 valence electrons. The molecule has 1 aromatic carbocycles. The van der Waals surface area contributed by atoms with Crippen LogP contribution < -0.4 is 20.1 Å². The topological polar surface area (TPSA) is 42.5 Å². The first kappa shape index (κ1) is 14.8. The van der Waals surface area contributed by atoms with Crippen molar-refractivity contribution in [3.05, 3.63) is 23.8 Å². The summed E-state index contributed by atoms with van der Waals surface area (Å²) in [5, 5.41) is 6.73. The zero-order chi connectivity index (χ0) is 13.5. The molecule has 0 radical (unpaired) electrons. The van der Waals surface area contributed by atoms with Gasteiger partial charge in [-0.2, -0.15) is 0 Å². The minimum Gasteiger partial charge on any atom is -0.497 e. The summed E-state index contributed by atoms with van der Waals surface area (Å²) in [5.41, 5.74) is 1.13. The molecule has 0 fully saturated rings. The minimum atomic E-state index is 0.216. The maximum Gasteiger partial charge on any atom is 0.127 e. The molecule has 1 aromatic rings. The molecule has 0 aliphatic carbocycles. The van der Waals surface area contributed by atoms with Gasteiger partial charge < -0.3 is 20.1 Å². The summed E-state index contributed by atoms with van der Waals surface area (Å²) < 4.78 is 10.6. The normalized spacial score (nSPS) is 12.6. The van der Waals surface area contributed by atoms with Crippen molar-refractivity contribution >= 4 is 0 Å². The van der Waals surface area contributed by atoms with E-state index in [0.717, 1.165) is 23.6 Å². The summed E-state index contributed by atoms with van der Waals surface area (Å²) in [7, 11) is 5.29. The van der Waals surface area contributed by atoms with Crippen LogP contribution in [0.25, 0.3) is 0 Å². The Hall–Kier alpha value is -1.26. The summed E-state index contributed by atoms with van der Waals surface area (Å²) in [6.07, 6.45) is 0. The maximum atomic E-state index is 5.43. The van der Waals surface area contributed by atoms with Crippen LogP contribution in [0.1, 0.15) is 25.5 Å². The highest BCUT2D eigenvalue weighted by molar-refractivity contribution is 5.42. The van der Waals surface area contributed by atoms with Crippen LogP contribution in [0.2, 0.25) is 0 Å². The fraction of sp³-hybridized carbons (Fsp3) is 0.571. The number of methoxy groups -OCH3 is 2. The van der Waals surface area contributed by atoms with Crippen LogP contribution in [-0.2, 0) is 0 Å². The smallest absolute Gasteiger partial charge is 0.127 e. The SMILES string of the molecule is CNC(CNC(C)C)c1ccc(OC)cc1OC. The van der Waals surface area contributed by atoms with Crippen LogP contribution in [0.5, 0.6) is 11.5 Å². The van der Waals surface area contributed by atoms with E-state index < -0.39 is 0 Å². The summed E-state index contributed by atoms with van der Waals surface area (Å²) in [5.74, 6) is 1.65. The summed E-state index contributed by atoms with van der Waals surface area (Å²) in [4.78, 5) is 0. The van der Waals surface area contributed by atoms with Crippen molar-refractivity contribution in [2.24, 2.45) is 0 Å². The fourth-order valence-corrected chi connectivity index (χ4v) is 1.83. The molecule has 4 heteroatoms. The molecule has 1 atom stereocenters. The zero-order valence-corrected chi connectivity index (χ0v) is 11.9. The minimum absolute atomic E-state index is 0.216. The van der Waals surface area contributed by atoms with Crippen LogP contribution in [0, 0.1) is 0 Å². The van der Waals surface area contributed by atoms with Crippen molar-refractivity contribution in [2.75, 3.05) is 27.8 Å². The van der Waals surface area contributed by atoms with Crippen LogP contribution in [-0.4, -0.2) is 33.9 Å². The molecule has 0 aromatic heterocycles. The lowest BCUT2D eigenvalue weighted by Crippen LogP contribution is -2.33. The molecule has 1 rings (SSSR count). The van der Waals surface area contributed by atoms with Gasteiger partial charge in [-0.25, -0.2) is 0 Å². The Kier molecular flexibility index (Phi) is 5.95. The number of rotatable bonds is 7. The molecule has 18 heavy (non-hydrogen) atoms. The summed E-state index contributed by atoms with van der Waals surface area (Å²) >= 11 is 0. The molecule has 0 aliphatic rings. The van der Waals surface area contributed by atoms with Gasteiger partial charge in [0.1, 0.15) is 11.5 Å². The van der Waals surface area contributed by atoms with Crippen molar-refractivity contribution in [3.8, 4) is 11.5 Å². The van der Waals surface area contributed by atoms with E-state index in [1.165, 1.54) is 0 Å². The molecule has 0 saturated heterocycles. The zero-order valence-electron chi connectivity index (χ0n) is 11.9. The number of nitrogens with one attached hydrogen (secondary N) is 2. The molecule has 2 N–H and O–H groups in total. The van der Waals surface area contributed by atoms with Gasteiger partial charge in [0.05, 0.1) is 14.2 Å².